The second kappa shape index (κ2) is 4.04. The zero-order chi connectivity index (χ0) is 10.8. The zero-order valence-corrected chi connectivity index (χ0v) is 8.61. The Morgan fingerprint density at radius 3 is 2.80 bits per heavy atom. The fourth-order valence-electron chi connectivity index (χ4n) is 1.89. The molecule has 0 amide bonds. The van der Waals surface area contributed by atoms with Crippen LogP contribution in [0, 0.1) is 18.3 Å². The van der Waals surface area contributed by atoms with E-state index in [0.717, 1.165) is 16.7 Å². The third-order valence-electron chi connectivity index (χ3n) is 2.92. The first-order valence-electron chi connectivity index (χ1n) is 5.24. The fraction of sp³-hybridized carbons (Fsp3) is 0.385. The number of nitrogens with zero attached hydrogens (tertiary/aromatic N) is 1. The predicted octanol–water partition coefficient (Wildman–Crippen LogP) is 2.35. The van der Waals surface area contributed by atoms with Crippen molar-refractivity contribution in [1.82, 2.24) is 0 Å². The highest BCUT2D eigenvalue weighted by molar-refractivity contribution is 5.49. The standard InChI is InChI=1S/C13H14NO/c1-9(8-15)11-3-2-4-12(10-5-6-10)13(11)7-14/h2-4,9-10,15H,1,5-6,8H2. The van der Waals surface area contributed by atoms with Crippen LogP contribution >= 0.6 is 0 Å². The van der Waals surface area contributed by atoms with Crippen molar-refractivity contribution in [3.8, 4) is 6.07 Å². The quantitative estimate of drug-likeness (QED) is 0.813. The van der Waals surface area contributed by atoms with Gasteiger partial charge in [0.15, 0.2) is 0 Å². The maximum absolute atomic E-state index is 9.16. The van der Waals surface area contributed by atoms with E-state index in [1.54, 1.807) is 0 Å². The molecular formula is C13H14NO. The first kappa shape index (κ1) is 10.2. The van der Waals surface area contributed by atoms with Gasteiger partial charge in [0.25, 0.3) is 0 Å². The Morgan fingerprint density at radius 1 is 1.53 bits per heavy atom. The van der Waals surface area contributed by atoms with Crippen molar-refractivity contribution in [3.63, 3.8) is 0 Å². The van der Waals surface area contributed by atoms with Crippen molar-refractivity contribution in [2.45, 2.75) is 24.7 Å². The van der Waals surface area contributed by atoms with Crippen LogP contribution in [0.4, 0.5) is 0 Å². The number of hydrogen-bond acceptors (Lipinski definition) is 2. The summed E-state index contributed by atoms with van der Waals surface area (Å²) in [5.41, 5.74) is 2.75. The molecule has 0 aromatic heterocycles. The van der Waals surface area contributed by atoms with E-state index < -0.39 is 0 Å². The molecule has 2 nitrogen and oxygen atoms in total. The summed E-state index contributed by atoms with van der Waals surface area (Å²) in [5, 5.41) is 18.2. The Balaban J connectivity index is 2.46. The van der Waals surface area contributed by atoms with E-state index in [4.69, 9.17) is 10.4 Å². The van der Waals surface area contributed by atoms with E-state index in [9.17, 15) is 0 Å². The highest BCUT2D eigenvalue weighted by Gasteiger charge is 2.27. The highest BCUT2D eigenvalue weighted by Crippen LogP contribution is 2.42. The van der Waals surface area contributed by atoms with Gasteiger partial charge in [0.05, 0.1) is 11.6 Å². The van der Waals surface area contributed by atoms with Crippen molar-refractivity contribution >= 4 is 0 Å². The molecule has 0 heterocycles. The lowest BCUT2D eigenvalue weighted by molar-refractivity contribution is 0.282. The molecule has 1 saturated carbocycles. The third kappa shape index (κ3) is 1.88. The first-order chi connectivity index (χ1) is 7.27. The van der Waals surface area contributed by atoms with Gasteiger partial charge in [0.2, 0.25) is 0 Å². The monoisotopic (exact) mass is 200 g/mol. The van der Waals surface area contributed by atoms with E-state index in [0.29, 0.717) is 5.92 Å². The summed E-state index contributed by atoms with van der Waals surface area (Å²) < 4.78 is 0. The average molecular weight is 200 g/mol. The maximum atomic E-state index is 9.16. The molecule has 1 radical (unpaired) electrons. The molecule has 1 aliphatic carbocycles. The Kier molecular flexibility index (Phi) is 2.75. The van der Waals surface area contributed by atoms with Gasteiger partial charge in [0, 0.05) is 12.5 Å². The van der Waals surface area contributed by atoms with Crippen LogP contribution in [0.15, 0.2) is 18.2 Å². The third-order valence-corrected chi connectivity index (χ3v) is 2.92. The van der Waals surface area contributed by atoms with E-state index in [1.807, 2.05) is 18.2 Å². The van der Waals surface area contributed by atoms with Gasteiger partial charge in [-0.05, 0) is 36.8 Å². The van der Waals surface area contributed by atoms with Crippen LogP contribution in [0.1, 0.15) is 41.4 Å². The molecule has 2 rings (SSSR count). The van der Waals surface area contributed by atoms with Gasteiger partial charge in [-0.15, -0.1) is 0 Å². The van der Waals surface area contributed by atoms with Crippen molar-refractivity contribution < 1.29 is 5.11 Å². The summed E-state index contributed by atoms with van der Waals surface area (Å²) in [6.07, 6.45) is 2.36. The SMILES string of the molecule is [CH2]C(CO)c1cccc(C2CC2)c1C#N. The minimum Gasteiger partial charge on any atom is -0.396 e. The number of benzene rings is 1. The van der Waals surface area contributed by atoms with Gasteiger partial charge in [-0.2, -0.15) is 5.26 Å². The van der Waals surface area contributed by atoms with Gasteiger partial charge in [-0.3, -0.25) is 0 Å². The summed E-state index contributed by atoms with van der Waals surface area (Å²) >= 11 is 0. The Hall–Kier alpha value is -1.33. The van der Waals surface area contributed by atoms with Crippen LogP contribution < -0.4 is 0 Å². The van der Waals surface area contributed by atoms with Crippen molar-refractivity contribution in [2.24, 2.45) is 0 Å². The molecule has 0 bridgehead atoms. The highest BCUT2D eigenvalue weighted by atomic mass is 16.3. The summed E-state index contributed by atoms with van der Waals surface area (Å²) in [6, 6.07) is 8.11. The van der Waals surface area contributed by atoms with Crippen LogP contribution in [0.5, 0.6) is 0 Å². The van der Waals surface area contributed by atoms with E-state index in [1.165, 1.54) is 12.8 Å². The molecule has 0 aliphatic heterocycles. The Labute approximate surface area is 90.2 Å². The van der Waals surface area contributed by atoms with E-state index in [2.05, 4.69) is 13.0 Å². The first-order valence-corrected chi connectivity index (χ1v) is 5.24. The molecule has 1 aliphatic rings. The van der Waals surface area contributed by atoms with Gasteiger partial charge < -0.3 is 5.11 Å². The number of aliphatic hydroxyl groups is 1. The molecule has 1 fully saturated rings. The Morgan fingerprint density at radius 2 is 2.27 bits per heavy atom. The van der Waals surface area contributed by atoms with Gasteiger partial charge in [0.1, 0.15) is 0 Å². The summed E-state index contributed by atoms with van der Waals surface area (Å²) in [7, 11) is 0. The molecule has 1 unspecified atom stereocenters. The lowest BCUT2D eigenvalue weighted by Gasteiger charge is -2.13. The largest absolute Gasteiger partial charge is 0.396 e. The number of rotatable bonds is 3. The minimum absolute atomic E-state index is 0.0111. The number of aliphatic hydroxyl groups excluding tert-OH is 1. The molecule has 1 N–H and O–H groups in total. The normalized spacial score (nSPS) is 17.1. The van der Waals surface area contributed by atoms with Crippen LogP contribution in [0.2, 0.25) is 0 Å². The van der Waals surface area contributed by atoms with Crippen LogP contribution in [0.3, 0.4) is 0 Å². The molecule has 1 atom stereocenters. The second-order valence-corrected chi connectivity index (χ2v) is 4.08. The summed E-state index contributed by atoms with van der Waals surface area (Å²) in [4.78, 5) is 0. The molecule has 2 heteroatoms. The van der Waals surface area contributed by atoms with Crippen molar-refractivity contribution in [3.05, 3.63) is 41.8 Å². The fourth-order valence-corrected chi connectivity index (χ4v) is 1.89. The van der Waals surface area contributed by atoms with Gasteiger partial charge in [-0.1, -0.05) is 18.2 Å². The van der Waals surface area contributed by atoms with Crippen molar-refractivity contribution in [1.29, 1.82) is 5.26 Å². The molecule has 0 spiro atoms. The van der Waals surface area contributed by atoms with Crippen LogP contribution in [-0.4, -0.2) is 11.7 Å². The predicted molar refractivity (Wildman–Crippen MR) is 58.3 cm³/mol. The summed E-state index contributed by atoms with van der Waals surface area (Å²) in [5.74, 6) is 0.365. The molecule has 1 aromatic carbocycles. The zero-order valence-electron chi connectivity index (χ0n) is 8.61. The van der Waals surface area contributed by atoms with Crippen LogP contribution in [-0.2, 0) is 0 Å². The van der Waals surface area contributed by atoms with Crippen LogP contribution in [0.25, 0.3) is 0 Å². The smallest absolute Gasteiger partial charge is 0.0997 e. The Bertz CT molecular complexity index is 401. The lowest BCUT2D eigenvalue weighted by Crippen LogP contribution is -2.04. The molecule has 77 valence electrons. The molecule has 0 saturated heterocycles. The molecule has 1 aromatic rings. The average Bonchev–Trinajstić information content (AvgIpc) is 3.10. The molecular weight excluding hydrogens is 186 g/mol. The number of hydrogen-bond donors (Lipinski definition) is 1. The second-order valence-electron chi connectivity index (χ2n) is 4.08. The minimum atomic E-state index is -0.196. The van der Waals surface area contributed by atoms with Crippen molar-refractivity contribution in [2.75, 3.05) is 6.61 Å². The van der Waals surface area contributed by atoms with E-state index >= 15 is 0 Å². The summed E-state index contributed by atoms with van der Waals surface area (Å²) in [6.45, 7) is 3.84. The van der Waals surface area contributed by atoms with E-state index in [-0.39, 0.29) is 12.5 Å². The van der Waals surface area contributed by atoms with Gasteiger partial charge in [-0.25, -0.2) is 0 Å². The number of nitriles is 1. The topological polar surface area (TPSA) is 44.0 Å². The molecule has 15 heavy (non-hydrogen) atoms. The lowest BCUT2D eigenvalue weighted by atomic mass is 9.91. The van der Waals surface area contributed by atoms with Gasteiger partial charge >= 0.3 is 0 Å². The maximum Gasteiger partial charge on any atom is 0.0997 e.